The minimum absolute atomic E-state index is 0.114. The van der Waals surface area contributed by atoms with E-state index in [4.69, 9.17) is 4.74 Å². The van der Waals surface area contributed by atoms with Crippen LogP contribution in [0.1, 0.15) is 19.3 Å². The molecule has 2 unspecified atom stereocenters. The fourth-order valence-corrected chi connectivity index (χ4v) is 2.53. The summed E-state index contributed by atoms with van der Waals surface area (Å²) >= 11 is 0. The van der Waals surface area contributed by atoms with Gasteiger partial charge < -0.3 is 10.1 Å². The lowest BCUT2D eigenvalue weighted by Crippen LogP contribution is -2.55. The van der Waals surface area contributed by atoms with E-state index in [0.717, 1.165) is 6.42 Å². The predicted octanol–water partition coefficient (Wildman–Crippen LogP) is 0.918. The normalized spacial score (nSPS) is 31.8. The van der Waals surface area contributed by atoms with Gasteiger partial charge in [-0.1, -0.05) is 0 Å². The highest BCUT2D eigenvalue weighted by molar-refractivity contribution is 5.76. The molecule has 2 fully saturated rings. The molecular weight excluding hydrogens is 249 g/mol. The van der Waals surface area contributed by atoms with E-state index in [1.807, 2.05) is 0 Å². The first-order valence-electron chi connectivity index (χ1n) is 6.15. The van der Waals surface area contributed by atoms with E-state index in [1.165, 1.54) is 4.90 Å². The third-order valence-electron chi connectivity index (χ3n) is 3.47. The molecule has 4 nitrogen and oxygen atoms in total. The fourth-order valence-electron chi connectivity index (χ4n) is 2.53. The predicted molar refractivity (Wildman–Crippen MR) is 58.0 cm³/mol. The second kappa shape index (κ2) is 5.44. The minimum Gasteiger partial charge on any atom is -0.380 e. The molecule has 7 heteroatoms. The van der Waals surface area contributed by atoms with E-state index in [9.17, 15) is 18.0 Å². The Balaban J connectivity index is 2.12. The first-order chi connectivity index (χ1) is 8.48. The molecule has 0 bridgehead atoms. The lowest BCUT2D eigenvalue weighted by atomic mass is 10.1. The Labute approximate surface area is 103 Å². The van der Waals surface area contributed by atoms with Gasteiger partial charge in [-0.3, -0.25) is 9.69 Å². The number of ether oxygens (including phenoxy) is 1. The van der Waals surface area contributed by atoms with E-state index in [1.54, 1.807) is 0 Å². The number of halogens is 3. The van der Waals surface area contributed by atoms with Crippen molar-refractivity contribution in [3.05, 3.63) is 0 Å². The molecule has 1 amide bonds. The van der Waals surface area contributed by atoms with E-state index in [0.29, 0.717) is 19.6 Å². The summed E-state index contributed by atoms with van der Waals surface area (Å²) in [6.45, 7) is 0.710. The number of hydrogen-bond donors (Lipinski definition) is 1. The molecule has 0 saturated carbocycles. The molecule has 0 aromatic carbocycles. The molecule has 2 rings (SSSR count). The summed E-state index contributed by atoms with van der Waals surface area (Å²) in [5.41, 5.74) is 0. The van der Waals surface area contributed by atoms with Crippen LogP contribution in [0.5, 0.6) is 0 Å². The van der Waals surface area contributed by atoms with E-state index in [2.05, 4.69) is 5.32 Å². The van der Waals surface area contributed by atoms with Crippen molar-refractivity contribution in [2.75, 3.05) is 26.3 Å². The van der Waals surface area contributed by atoms with Crippen LogP contribution < -0.4 is 5.32 Å². The lowest BCUT2D eigenvalue weighted by molar-refractivity contribution is -0.191. The molecule has 2 saturated heterocycles. The Kier molecular flexibility index (Phi) is 4.11. The maximum absolute atomic E-state index is 13.0. The zero-order chi connectivity index (χ0) is 13.2. The van der Waals surface area contributed by atoms with Gasteiger partial charge in [0, 0.05) is 32.2 Å². The van der Waals surface area contributed by atoms with Crippen LogP contribution in [-0.2, 0) is 9.53 Å². The zero-order valence-electron chi connectivity index (χ0n) is 10.0. The summed E-state index contributed by atoms with van der Waals surface area (Å²) in [5, 5.41) is 2.33. The minimum atomic E-state index is -4.32. The van der Waals surface area contributed by atoms with Crippen LogP contribution in [0.25, 0.3) is 0 Å². The van der Waals surface area contributed by atoms with Gasteiger partial charge in [0.1, 0.15) is 6.04 Å². The fraction of sp³-hybridized carbons (Fsp3) is 0.909. The zero-order valence-corrected chi connectivity index (χ0v) is 10.0. The monoisotopic (exact) mass is 266 g/mol. The molecule has 0 aliphatic carbocycles. The average Bonchev–Trinajstić information content (AvgIpc) is 2.52. The molecule has 2 atom stereocenters. The molecule has 18 heavy (non-hydrogen) atoms. The van der Waals surface area contributed by atoms with Crippen molar-refractivity contribution < 1.29 is 22.7 Å². The molecule has 2 aliphatic heterocycles. The third kappa shape index (κ3) is 3.14. The van der Waals surface area contributed by atoms with Gasteiger partial charge in [-0.25, -0.2) is 0 Å². The van der Waals surface area contributed by atoms with Crippen LogP contribution in [0.4, 0.5) is 13.2 Å². The van der Waals surface area contributed by atoms with Crippen LogP contribution in [0, 0.1) is 0 Å². The number of nitrogens with zero attached hydrogens (tertiary/aromatic N) is 1. The number of nitrogens with one attached hydrogen (secondary N) is 1. The topological polar surface area (TPSA) is 41.6 Å². The van der Waals surface area contributed by atoms with Crippen LogP contribution in [0.3, 0.4) is 0 Å². The van der Waals surface area contributed by atoms with Crippen molar-refractivity contribution in [1.82, 2.24) is 10.2 Å². The van der Waals surface area contributed by atoms with Crippen molar-refractivity contribution in [3.63, 3.8) is 0 Å². The van der Waals surface area contributed by atoms with Crippen LogP contribution in [0.15, 0.2) is 0 Å². The maximum Gasteiger partial charge on any atom is 0.405 e. The Morgan fingerprint density at radius 1 is 1.39 bits per heavy atom. The first kappa shape index (κ1) is 13.6. The van der Waals surface area contributed by atoms with E-state index >= 15 is 0 Å². The molecule has 0 aromatic rings. The van der Waals surface area contributed by atoms with E-state index < -0.39 is 12.2 Å². The molecular formula is C11H17F3N2O2. The second-order valence-electron chi connectivity index (χ2n) is 4.72. The molecule has 104 valence electrons. The summed E-state index contributed by atoms with van der Waals surface area (Å²) in [6, 6.07) is -1.84. The van der Waals surface area contributed by atoms with Crippen molar-refractivity contribution in [1.29, 1.82) is 0 Å². The average molecular weight is 266 g/mol. The van der Waals surface area contributed by atoms with Crippen molar-refractivity contribution in [3.8, 4) is 0 Å². The standard InChI is InChI=1S/C11H17F3N2O2/c12-11(13,14)9-6-15-10(17)3-4-16(9)8-2-1-5-18-7-8/h8-9H,1-7H2,(H,15,17). The number of hydrogen-bond acceptors (Lipinski definition) is 3. The van der Waals surface area contributed by atoms with E-state index in [-0.39, 0.29) is 31.5 Å². The van der Waals surface area contributed by atoms with Gasteiger partial charge in [-0.05, 0) is 12.8 Å². The smallest absolute Gasteiger partial charge is 0.380 e. The number of carbonyl (C=O) groups is 1. The summed E-state index contributed by atoms with van der Waals surface area (Å²) in [6.07, 6.45) is -2.74. The maximum atomic E-state index is 13.0. The summed E-state index contributed by atoms with van der Waals surface area (Å²) in [7, 11) is 0. The summed E-state index contributed by atoms with van der Waals surface area (Å²) in [5.74, 6) is -0.316. The second-order valence-corrected chi connectivity index (χ2v) is 4.72. The Morgan fingerprint density at radius 3 is 2.78 bits per heavy atom. The van der Waals surface area contributed by atoms with Crippen LogP contribution >= 0.6 is 0 Å². The van der Waals surface area contributed by atoms with Crippen molar-refractivity contribution in [2.24, 2.45) is 0 Å². The molecule has 0 spiro atoms. The largest absolute Gasteiger partial charge is 0.405 e. The van der Waals surface area contributed by atoms with Crippen molar-refractivity contribution in [2.45, 2.75) is 37.5 Å². The van der Waals surface area contributed by atoms with Crippen LogP contribution in [0.2, 0.25) is 0 Å². The highest BCUT2D eigenvalue weighted by Gasteiger charge is 2.47. The Bertz CT molecular complexity index is 303. The molecule has 0 radical (unpaired) electrons. The number of carbonyl (C=O) groups excluding carboxylic acids is 1. The molecule has 2 aliphatic rings. The highest BCUT2D eigenvalue weighted by atomic mass is 19.4. The highest BCUT2D eigenvalue weighted by Crippen LogP contribution is 2.29. The third-order valence-corrected chi connectivity index (χ3v) is 3.47. The quantitative estimate of drug-likeness (QED) is 0.767. The lowest BCUT2D eigenvalue weighted by Gasteiger charge is -2.38. The first-order valence-corrected chi connectivity index (χ1v) is 6.15. The van der Waals surface area contributed by atoms with Gasteiger partial charge in [0.25, 0.3) is 0 Å². The van der Waals surface area contributed by atoms with Crippen LogP contribution in [-0.4, -0.2) is 55.4 Å². The van der Waals surface area contributed by atoms with Gasteiger partial charge in [-0.2, -0.15) is 13.2 Å². The molecule has 0 aromatic heterocycles. The summed E-state index contributed by atoms with van der Waals surface area (Å²) < 4.78 is 44.3. The molecule has 2 heterocycles. The number of alkyl halides is 3. The molecule has 1 N–H and O–H groups in total. The van der Waals surface area contributed by atoms with Gasteiger partial charge >= 0.3 is 6.18 Å². The van der Waals surface area contributed by atoms with Gasteiger partial charge in [0.15, 0.2) is 0 Å². The summed E-state index contributed by atoms with van der Waals surface area (Å²) in [4.78, 5) is 12.6. The van der Waals surface area contributed by atoms with Gasteiger partial charge in [0.05, 0.1) is 6.61 Å². The number of amides is 1. The van der Waals surface area contributed by atoms with Crippen molar-refractivity contribution >= 4 is 5.91 Å². The van der Waals surface area contributed by atoms with Gasteiger partial charge in [-0.15, -0.1) is 0 Å². The Morgan fingerprint density at radius 2 is 2.17 bits per heavy atom. The number of rotatable bonds is 1. The SMILES string of the molecule is O=C1CCN(C2CCCOC2)C(C(F)(F)F)CN1. The van der Waals surface area contributed by atoms with Gasteiger partial charge in [0.2, 0.25) is 5.91 Å². The Hall–Kier alpha value is -0.820.